The van der Waals surface area contributed by atoms with Gasteiger partial charge in [-0.25, -0.2) is 4.98 Å². The molecule has 3 aromatic rings. The Kier molecular flexibility index (Phi) is 3.75. The summed E-state index contributed by atoms with van der Waals surface area (Å²) in [6.45, 7) is 6.06. The van der Waals surface area contributed by atoms with Gasteiger partial charge in [0.25, 0.3) is 5.56 Å². The van der Waals surface area contributed by atoms with Crippen LogP contribution in [0, 0.1) is 13.8 Å². The first-order valence-corrected chi connectivity index (χ1v) is 7.51. The molecule has 0 N–H and O–H groups in total. The van der Waals surface area contributed by atoms with E-state index in [4.69, 9.17) is 0 Å². The molecule has 0 bridgehead atoms. The zero-order chi connectivity index (χ0) is 15.7. The molecule has 0 spiro atoms. The van der Waals surface area contributed by atoms with Crippen molar-refractivity contribution in [3.05, 3.63) is 70.0 Å². The average Bonchev–Trinajstić information content (AvgIpc) is 2.52. The SMILES string of the molecule is CC[C@H](c1ncccc1C)n1cnc2c(C)cccc2c1=O. The van der Waals surface area contributed by atoms with Crippen LogP contribution in [0.4, 0.5) is 0 Å². The van der Waals surface area contributed by atoms with Crippen LogP contribution in [0.3, 0.4) is 0 Å². The summed E-state index contributed by atoms with van der Waals surface area (Å²) in [6.07, 6.45) is 4.21. The van der Waals surface area contributed by atoms with Gasteiger partial charge >= 0.3 is 0 Å². The van der Waals surface area contributed by atoms with E-state index in [-0.39, 0.29) is 11.6 Å². The molecule has 3 rings (SSSR count). The van der Waals surface area contributed by atoms with Crippen LogP contribution >= 0.6 is 0 Å². The van der Waals surface area contributed by atoms with E-state index >= 15 is 0 Å². The Morgan fingerprint density at radius 3 is 2.59 bits per heavy atom. The summed E-state index contributed by atoms with van der Waals surface area (Å²) in [5, 5.41) is 0.662. The van der Waals surface area contributed by atoms with Crippen molar-refractivity contribution in [2.45, 2.75) is 33.2 Å². The quantitative estimate of drug-likeness (QED) is 0.743. The maximum atomic E-state index is 12.9. The van der Waals surface area contributed by atoms with Gasteiger partial charge in [0.15, 0.2) is 0 Å². The zero-order valence-electron chi connectivity index (χ0n) is 13.1. The van der Waals surface area contributed by atoms with Crippen molar-refractivity contribution in [1.82, 2.24) is 14.5 Å². The second kappa shape index (κ2) is 5.72. The molecule has 1 aromatic carbocycles. The summed E-state index contributed by atoms with van der Waals surface area (Å²) in [6, 6.07) is 9.56. The number of aromatic nitrogens is 3. The fourth-order valence-corrected chi connectivity index (χ4v) is 2.90. The highest BCUT2D eigenvalue weighted by Gasteiger charge is 2.18. The molecular formula is C18H19N3O. The Morgan fingerprint density at radius 2 is 1.86 bits per heavy atom. The van der Waals surface area contributed by atoms with Crippen LogP contribution in [0.1, 0.15) is 36.2 Å². The molecule has 0 amide bonds. The van der Waals surface area contributed by atoms with Gasteiger partial charge in [0.05, 0.1) is 29.0 Å². The van der Waals surface area contributed by atoms with Gasteiger partial charge in [0.1, 0.15) is 0 Å². The van der Waals surface area contributed by atoms with Crippen LogP contribution < -0.4 is 5.56 Å². The van der Waals surface area contributed by atoms with Gasteiger partial charge in [0, 0.05) is 6.20 Å². The van der Waals surface area contributed by atoms with Crippen LogP contribution in [-0.4, -0.2) is 14.5 Å². The molecule has 0 aliphatic heterocycles. The number of hydrogen-bond donors (Lipinski definition) is 0. The molecule has 1 atom stereocenters. The molecule has 0 fully saturated rings. The van der Waals surface area contributed by atoms with E-state index in [0.29, 0.717) is 5.39 Å². The number of aryl methyl sites for hydroxylation is 2. The van der Waals surface area contributed by atoms with E-state index in [0.717, 1.165) is 28.8 Å². The van der Waals surface area contributed by atoms with E-state index in [1.807, 2.05) is 44.2 Å². The first-order chi connectivity index (χ1) is 10.6. The van der Waals surface area contributed by atoms with Gasteiger partial charge in [-0.05, 0) is 43.5 Å². The number of benzene rings is 1. The fraction of sp³-hybridized carbons (Fsp3) is 0.278. The highest BCUT2D eigenvalue weighted by Crippen LogP contribution is 2.22. The smallest absolute Gasteiger partial charge is 0.261 e. The summed E-state index contributed by atoms with van der Waals surface area (Å²) >= 11 is 0. The minimum atomic E-state index is -0.0916. The summed E-state index contributed by atoms with van der Waals surface area (Å²) in [4.78, 5) is 21.8. The summed E-state index contributed by atoms with van der Waals surface area (Å²) in [7, 11) is 0. The number of hydrogen-bond acceptors (Lipinski definition) is 3. The van der Waals surface area contributed by atoms with Gasteiger partial charge in [-0.2, -0.15) is 0 Å². The standard InChI is InChI=1S/C18H19N3O/c1-4-15(17-13(3)8-6-10-19-17)21-11-20-16-12(2)7-5-9-14(16)18(21)22/h5-11,15H,4H2,1-3H3/t15-/m1/s1. The third-order valence-corrected chi connectivity index (χ3v) is 4.10. The molecule has 0 saturated heterocycles. The normalized spacial score (nSPS) is 12.5. The maximum Gasteiger partial charge on any atom is 0.261 e. The van der Waals surface area contributed by atoms with Crippen LogP contribution in [-0.2, 0) is 0 Å². The van der Waals surface area contributed by atoms with E-state index in [1.165, 1.54) is 0 Å². The number of para-hydroxylation sites is 1. The zero-order valence-corrected chi connectivity index (χ0v) is 13.1. The molecule has 22 heavy (non-hydrogen) atoms. The van der Waals surface area contributed by atoms with Crippen molar-refractivity contribution in [2.75, 3.05) is 0 Å². The lowest BCUT2D eigenvalue weighted by atomic mass is 10.1. The van der Waals surface area contributed by atoms with Crippen LogP contribution in [0.5, 0.6) is 0 Å². The van der Waals surface area contributed by atoms with E-state index in [2.05, 4.69) is 16.9 Å². The van der Waals surface area contributed by atoms with Crippen molar-refractivity contribution in [2.24, 2.45) is 0 Å². The Bertz CT molecular complexity index is 883. The molecule has 4 nitrogen and oxygen atoms in total. The second-order valence-electron chi connectivity index (χ2n) is 5.56. The Morgan fingerprint density at radius 1 is 1.09 bits per heavy atom. The predicted octanol–water partition coefficient (Wildman–Crippen LogP) is 3.41. The predicted molar refractivity (Wildman–Crippen MR) is 88.1 cm³/mol. The van der Waals surface area contributed by atoms with E-state index in [9.17, 15) is 4.79 Å². The Labute approximate surface area is 129 Å². The minimum Gasteiger partial charge on any atom is -0.290 e. The van der Waals surface area contributed by atoms with Gasteiger partial charge in [0.2, 0.25) is 0 Å². The first kappa shape index (κ1) is 14.4. The average molecular weight is 293 g/mol. The maximum absolute atomic E-state index is 12.9. The number of fused-ring (bicyclic) bond motifs is 1. The molecule has 0 saturated carbocycles. The lowest BCUT2D eigenvalue weighted by Crippen LogP contribution is -2.27. The topological polar surface area (TPSA) is 47.8 Å². The van der Waals surface area contributed by atoms with Crippen molar-refractivity contribution < 1.29 is 0 Å². The van der Waals surface area contributed by atoms with Crippen molar-refractivity contribution in [3.63, 3.8) is 0 Å². The Balaban J connectivity index is 2.23. The minimum absolute atomic E-state index is 0.00870. The van der Waals surface area contributed by atoms with Gasteiger partial charge in [-0.1, -0.05) is 25.1 Å². The molecule has 0 aliphatic carbocycles. The third kappa shape index (κ3) is 2.30. The number of rotatable bonds is 3. The molecule has 0 aliphatic rings. The molecular weight excluding hydrogens is 274 g/mol. The molecule has 112 valence electrons. The van der Waals surface area contributed by atoms with Crippen LogP contribution in [0.15, 0.2) is 47.7 Å². The highest BCUT2D eigenvalue weighted by atomic mass is 16.1. The number of pyridine rings is 1. The largest absolute Gasteiger partial charge is 0.290 e. The van der Waals surface area contributed by atoms with Gasteiger partial charge in [-0.15, -0.1) is 0 Å². The van der Waals surface area contributed by atoms with E-state index in [1.54, 1.807) is 17.1 Å². The summed E-state index contributed by atoms with van der Waals surface area (Å²) in [5.41, 5.74) is 3.80. The van der Waals surface area contributed by atoms with Crippen LogP contribution in [0.25, 0.3) is 10.9 Å². The van der Waals surface area contributed by atoms with E-state index < -0.39 is 0 Å². The summed E-state index contributed by atoms with van der Waals surface area (Å²) in [5.74, 6) is 0. The van der Waals surface area contributed by atoms with Gasteiger partial charge in [-0.3, -0.25) is 14.3 Å². The second-order valence-corrected chi connectivity index (χ2v) is 5.56. The Hall–Kier alpha value is -2.49. The fourth-order valence-electron chi connectivity index (χ4n) is 2.90. The third-order valence-electron chi connectivity index (χ3n) is 4.10. The molecule has 0 radical (unpaired) electrons. The molecule has 0 unspecified atom stereocenters. The lowest BCUT2D eigenvalue weighted by Gasteiger charge is -2.19. The monoisotopic (exact) mass is 293 g/mol. The highest BCUT2D eigenvalue weighted by molar-refractivity contribution is 5.80. The molecule has 2 aromatic heterocycles. The van der Waals surface area contributed by atoms with Crippen molar-refractivity contribution in [1.29, 1.82) is 0 Å². The first-order valence-electron chi connectivity index (χ1n) is 7.51. The molecule has 4 heteroatoms. The lowest BCUT2D eigenvalue weighted by molar-refractivity contribution is 0.528. The van der Waals surface area contributed by atoms with Crippen molar-refractivity contribution in [3.8, 4) is 0 Å². The summed E-state index contributed by atoms with van der Waals surface area (Å²) < 4.78 is 1.71. The molecule has 2 heterocycles. The van der Waals surface area contributed by atoms with Gasteiger partial charge < -0.3 is 0 Å². The van der Waals surface area contributed by atoms with Crippen molar-refractivity contribution >= 4 is 10.9 Å². The van der Waals surface area contributed by atoms with Crippen LogP contribution in [0.2, 0.25) is 0 Å². The number of nitrogens with zero attached hydrogens (tertiary/aromatic N) is 3.